The lowest BCUT2D eigenvalue weighted by Crippen LogP contribution is -2.36. The number of urea groups is 1. The molecule has 1 aromatic heterocycles. The van der Waals surface area contributed by atoms with Gasteiger partial charge in [-0.1, -0.05) is 35.3 Å². The van der Waals surface area contributed by atoms with E-state index < -0.39 is 11.9 Å². The summed E-state index contributed by atoms with van der Waals surface area (Å²) in [5.74, 6) is -1.55. The van der Waals surface area contributed by atoms with Crippen LogP contribution in [-0.2, 0) is 11.3 Å². The molecule has 0 aliphatic heterocycles. The highest BCUT2D eigenvalue weighted by Crippen LogP contribution is 2.23. The highest BCUT2D eigenvalue weighted by atomic mass is 35.5. The number of aromatic nitrogens is 1. The lowest BCUT2D eigenvalue weighted by Gasteiger charge is -2.05. The molecule has 5 N–H and O–H groups in total. The van der Waals surface area contributed by atoms with Crippen molar-refractivity contribution in [2.45, 2.75) is 13.0 Å². The van der Waals surface area contributed by atoms with Crippen LogP contribution in [0.3, 0.4) is 0 Å². The number of carboxylic acid groups (broad SMARTS) is 1. The summed E-state index contributed by atoms with van der Waals surface area (Å²) in [6.45, 7) is 0.487. The van der Waals surface area contributed by atoms with Gasteiger partial charge in [-0.2, -0.15) is 0 Å². The van der Waals surface area contributed by atoms with Gasteiger partial charge in [0.05, 0.1) is 22.0 Å². The Bertz CT molecular complexity index is 768. The van der Waals surface area contributed by atoms with Crippen LogP contribution in [0.15, 0.2) is 42.7 Å². The minimum absolute atomic E-state index is 0.0830. The van der Waals surface area contributed by atoms with Crippen molar-refractivity contribution in [2.24, 2.45) is 5.73 Å². The number of hydrogen-bond acceptors (Lipinski definition) is 4. The fraction of sp³-hybridized carbons (Fsp3) is 0.176. The van der Waals surface area contributed by atoms with Crippen LogP contribution in [0.25, 0.3) is 0 Å². The van der Waals surface area contributed by atoms with E-state index in [-0.39, 0.29) is 34.6 Å². The predicted molar refractivity (Wildman–Crippen MR) is 102 cm³/mol. The summed E-state index contributed by atoms with van der Waals surface area (Å²) in [5, 5.41) is 13.9. The van der Waals surface area contributed by atoms with Crippen LogP contribution in [0.2, 0.25) is 10.0 Å². The first-order valence-corrected chi connectivity index (χ1v) is 8.43. The molecule has 0 bridgehead atoms. The second kappa shape index (κ2) is 11.7. The van der Waals surface area contributed by atoms with Crippen molar-refractivity contribution in [3.05, 3.63) is 63.9 Å². The third-order valence-electron chi connectivity index (χ3n) is 3.01. The number of benzene rings is 1. The number of aliphatic carboxylic acids is 1. The van der Waals surface area contributed by atoms with Gasteiger partial charge in [0.2, 0.25) is 0 Å². The number of nitrogens with one attached hydrogen (secondary N) is 2. The summed E-state index contributed by atoms with van der Waals surface area (Å²) in [6, 6.07) is 8.01. The van der Waals surface area contributed by atoms with Gasteiger partial charge in [-0.25, -0.2) is 4.79 Å². The molecular weight excluding hydrogens is 395 g/mol. The fourth-order valence-electron chi connectivity index (χ4n) is 1.76. The molecule has 144 valence electrons. The van der Waals surface area contributed by atoms with Crippen molar-refractivity contribution >= 4 is 41.1 Å². The Balaban J connectivity index is 0.000000289. The summed E-state index contributed by atoms with van der Waals surface area (Å²) in [6.07, 6.45) is 3.22. The SMILES string of the molecule is NC(=O)c1c(Cl)cccc1Cl.O=C(O)CCNC(=O)NCc1cccnc1. The van der Waals surface area contributed by atoms with E-state index in [0.717, 1.165) is 5.56 Å². The number of pyridine rings is 1. The van der Waals surface area contributed by atoms with Crippen LogP contribution in [0, 0.1) is 0 Å². The minimum atomic E-state index is -0.937. The maximum Gasteiger partial charge on any atom is 0.315 e. The molecule has 0 aliphatic carbocycles. The first-order valence-electron chi connectivity index (χ1n) is 7.67. The van der Waals surface area contributed by atoms with E-state index in [1.54, 1.807) is 36.7 Å². The number of primary amides is 1. The van der Waals surface area contributed by atoms with E-state index in [0.29, 0.717) is 6.54 Å². The van der Waals surface area contributed by atoms with Crippen LogP contribution in [0.4, 0.5) is 4.79 Å². The Hall–Kier alpha value is -2.84. The summed E-state index contributed by atoms with van der Waals surface area (Å²) < 4.78 is 0. The third-order valence-corrected chi connectivity index (χ3v) is 3.64. The summed E-state index contributed by atoms with van der Waals surface area (Å²) in [4.78, 5) is 35.9. The Morgan fingerprint density at radius 2 is 1.74 bits per heavy atom. The van der Waals surface area contributed by atoms with Crippen molar-refractivity contribution in [1.29, 1.82) is 0 Å². The molecule has 1 aromatic carbocycles. The number of carbonyl (C=O) groups is 3. The number of nitrogens with zero attached hydrogens (tertiary/aromatic N) is 1. The standard InChI is InChI=1S/C10H13N3O3.C7H5Cl2NO/c14-9(15)3-5-12-10(16)13-7-8-2-1-4-11-6-8;8-4-2-1-3-5(9)6(4)7(10)11/h1-2,4,6H,3,5,7H2,(H,14,15)(H2,12,13,16);1-3H,(H2,10,11). The molecule has 2 rings (SSSR count). The van der Waals surface area contributed by atoms with Crippen LogP contribution in [0.5, 0.6) is 0 Å². The molecule has 27 heavy (non-hydrogen) atoms. The zero-order valence-electron chi connectivity index (χ0n) is 14.1. The first kappa shape index (κ1) is 22.2. The smallest absolute Gasteiger partial charge is 0.315 e. The average molecular weight is 413 g/mol. The summed E-state index contributed by atoms with van der Waals surface area (Å²) in [5.41, 5.74) is 6.07. The van der Waals surface area contributed by atoms with Gasteiger partial charge in [0.1, 0.15) is 0 Å². The van der Waals surface area contributed by atoms with Crippen LogP contribution >= 0.6 is 23.2 Å². The summed E-state index contributed by atoms with van der Waals surface area (Å²) >= 11 is 11.3. The maximum atomic E-state index is 11.2. The number of rotatable bonds is 6. The normalized spacial score (nSPS) is 9.56. The molecule has 10 heteroatoms. The summed E-state index contributed by atoms with van der Waals surface area (Å²) in [7, 11) is 0. The Kier molecular flexibility index (Phi) is 9.63. The van der Waals surface area contributed by atoms with Gasteiger partial charge in [0, 0.05) is 25.5 Å². The molecule has 0 aliphatic rings. The van der Waals surface area contributed by atoms with Gasteiger partial charge < -0.3 is 21.5 Å². The second-order valence-corrected chi connectivity index (χ2v) is 5.89. The largest absolute Gasteiger partial charge is 0.481 e. The predicted octanol–water partition coefficient (Wildman–Crippen LogP) is 2.45. The molecule has 1 heterocycles. The topological polar surface area (TPSA) is 134 Å². The molecule has 0 unspecified atom stereocenters. The number of nitrogens with two attached hydrogens (primary N) is 1. The van der Waals surface area contributed by atoms with Gasteiger partial charge in [-0.15, -0.1) is 0 Å². The third kappa shape index (κ3) is 8.89. The van der Waals surface area contributed by atoms with E-state index in [1.165, 1.54) is 0 Å². The molecular formula is C17H18Cl2N4O4. The van der Waals surface area contributed by atoms with Gasteiger partial charge in [-0.3, -0.25) is 14.6 Å². The molecule has 0 fully saturated rings. The van der Waals surface area contributed by atoms with Crippen molar-refractivity contribution in [3.63, 3.8) is 0 Å². The van der Waals surface area contributed by atoms with Gasteiger partial charge >= 0.3 is 12.0 Å². The Labute approximate surface area is 165 Å². The highest BCUT2D eigenvalue weighted by molar-refractivity contribution is 6.39. The molecule has 3 amide bonds. The molecule has 0 atom stereocenters. The van der Waals surface area contributed by atoms with Crippen molar-refractivity contribution in [1.82, 2.24) is 15.6 Å². The highest BCUT2D eigenvalue weighted by Gasteiger charge is 2.09. The monoisotopic (exact) mass is 412 g/mol. The van der Waals surface area contributed by atoms with Crippen LogP contribution in [0.1, 0.15) is 22.3 Å². The molecule has 2 aromatic rings. The second-order valence-electron chi connectivity index (χ2n) is 5.08. The lowest BCUT2D eigenvalue weighted by atomic mass is 10.2. The maximum absolute atomic E-state index is 11.2. The van der Waals surface area contributed by atoms with E-state index in [4.69, 9.17) is 34.0 Å². The Morgan fingerprint density at radius 3 is 2.22 bits per heavy atom. The number of halogens is 2. The van der Waals surface area contributed by atoms with E-state index in [9.17, 15) is 14.4 Å². The molecule has 0 saturated heterocycles. The number of amides is 3. The molecule has 0 spiro atoms. The van der Waals surface area contributed by atoms with Crippen LogP contribution in [-0.4, -0.2) is 34.5 Å². The quantitative estimate of drug-likeness (QED) is 0.577. The van der Waals surface area contributed by atoms with E-state index in [1.807, 2.05) is 6.07 Å². The number of hydrogen-bond donors (Lipinski definition) is 4. The lowest BCUT2D eigenvalue weighted by molar-refractivity contribution is -0.136. The fourth-order valence-corrected chi connectivity index (χ4v) is 2.35. The average Bonchev–Trinajstić information content (AvgIpc) is 2.61. The molecule has 0 saturated carbocycles. The van der Waals surface area contributed by atoms with Crippen LogP contribution < -0.4 is 16.4 Å². The van der Waals surface area contributed by atoms with Crippen molar-refractivity contribution in [2.75, 3.05) is 6.54 Å². The number of carbonyl (C=O) groups excluding carboxylic acids is 2. The zero-order chi connectivity index (χ0) is 20.2. The van der Waals surface area contributed by atoms with Crippen molar-refractivity contribution < 1.29 is 19.5 Å². The molecule has 0 radical (unpaired) electrons. The van der Waals surface area contributed by atoms with E-state index in [2.05, 4.69) is 15.6 Å². The minimum Gasteiger partial charge on any atom is -0.481 e. The molecule has 8 nitrogen and oxygen atoms in total. The zero-order valence-corrected chi connectivity index (χ0v) is 15.6. The van der Waals surface area contributed by atoms with Gasteiger partial charge in [-0.05, 0) is 23.8 Å². The van der Waals surface area contributed by atoms with Crippen molar-refractivity contribution in [3.8, 4) is 0 Å². The number of carboxylic acids is 1. The van der Waals surface area contributed by atoms with E-state index >= 15 is 0 Å². The Morgan fingerprint density at radius 1 is 1.07 bits per heavy atom. The first-order chi connectivity index (χ1) is 12.8. The van der Waals surface area contributed by atoms with Gasteiger partial charge in [0.25, 0.3) is 5.91 Å². The van der Waals surface area contributed by atoms with Gasteiger partial charge in [0.15, 0.2) is 0 Å².